The van der Waals surface area contributed by atoms with Gasteiger partial charge in [-0.3, -0.25) is 4.98 Å². The van der Waals surface area contributed by atoms with Crippen LogP contribution in [0, 0.1) is 0 Å². The number of halogens is 3. The Labute approximate surface area is 96.0 Å². The molecule has 1 aromatic rings. The van der Waals surface area contributed by atoms with E-state index in [1.165, 1.54) is 6.07 Å². The molecule has 92 valence electrons. The smallest absolute Gasteiger partial charge is 0.374 e. The van der Waals surface area contributed by atoms with E-state index in [0.29, 0.717) is 18.3 Å². The zero-order valence-electron chi connectivity index (χ0n) is 8.87. The Morgan fingerprint density at radius 3 is 2.65 bits per heavy atom. The minimum Gasteiger partial charge on any atom is -0.374 e. The molecule has 0 aliphatic carbocycles. The molecule has 2 saturated heterocycles. The van der Waals surface area contributed by atoms with Crippen molar-refractivity contribution in [2.45, 2.75) is 30.8 Å². The first-order chi connectivity index (χ1) is 8.04. The number of pyridine rings is 1. The molecule has 0 spiro atoms. The van der Waals surface area contributed by atoms with Crippen molar-refractivity contribution >= 4 is 0 Å². The lowest BCUT2D eigenvalue weighted by molar-refractivity contribution is -0.137. The Balaban J connectivity index is 1.81. The topological polar surface area (TPSA) is 34.1 Å². The van der Waals surface area contributed by atoms with E-state index in [1.807, 2.05) is 0 Å². The van der Waals surface area contributed by atoms with Gasteiger partial charge in [-0.15, -0.1) is 0 Å². The van der Waals surface area contributed by atoms with Crippen LogP contribution < -0.4 is 5.32 Å². The van der Waals surface area contributed by atoms with Crippen molar-refractivity contribution < 1.29 is 17.9 Å². The van der Waals surface area contributed by atoms with Crippen LogP contribution in [-0.2, 0) is 10.9 Å². The average molecular weight is 244 g/mol. The molecular formula is C11H11F3N2O. The van der Waals surface area contributed by atoms with Crippen LogP contribution in [-0.4, -0.2) is 23.7 Å². The fourth-order valence-corrected chi connectivity index (χ4v) is 2.40. The van der Waals surface area contributed by atoms with Crippen LogP contribution in [0.25, 0.3) is 0 Å². The zero-order valence-corrected chi connectivity index (χ0v) is 8.87. The second-order valence-electron chi connectivity index (χ2n) is 4.42. The second-order valence-corrected chi connectivity index (χ2v) is 4.42. The van der Waals surface area contributed by atoms with Crippen molar-refractivity contribution in [3.8, 4) is 0 Å². The van der Waals surface area contributed by atoms with Crippen LogP contribution in [0.1, 0.15) is 23.7 Å². The van der Waals surface area contributed by atoms with Gasteiger partial charge in [-0.2, -0.15) is 13.2 Å². The van der Waals surface area contributed by atoms with Gasteiger partial charge in [-0.05, 0) is 18.6 Å². The van der Waals surface area contributed by atoms with E-state index in [4.69, 9.17) is 4.74 Å². The lowest BCUT2D eigenvalue weighted by Crippen LogP contribution is -2.35. The molecule has 2 bridgehead atoms. The Kier molecular flexibility index (Phi) is 2.38. The zero-order chi connectivity index (χ0) is 12.0. The van der Waals surface area contributed by atoms with Gasteiger partial charge in [0.25, 0.3) is 0 Å². The molecular weight excluding hydrogens is 233 g/mol. The number of rotatable bonds is 1. The summed E-state index contributed by atoms with van der Waals surface area (Å²) in [5, 5.41) is 3.30. The largest absolute Gasteiger partial charge is 0.417 e. The van der Waals surface area contributed by atoms with Gasteiger partial charge in [-0.1, -0.05) is 0 Å². The number of nitrogens with zero attached hydrogens (tertiary/aromatic N) is 1. The van der Waals surface area contributed by atoms with E-state index in [2.05, 4.69) is 10.3 Å². The van der Waals surface area contributed by atoms with Crippen molar-refractivity contribution in [1.82, 2.24) is 10.3 Å². The van der Waals surface area contributed by atoms with Crippen molar-refractivity contribution in [2.24, 2.45) is 0 Å². The van der Waals surface area contributed by atoms with Crippen LogP contribution in [0.4, 0.5) is 13.2 Å². The van der Waals surface area contributed by atoms with E-state index in [9.17, 15) is 13.2 Å². The highest BCUT2D eigenvalue weighted by atomic mass is 19.4. The minimum absolute atomic E-state index is 0.0456. The Morgan fingerprint density at radius 2 is 2.18 bits per heavy atom. The number of hydrogen-bond acceptors (Lipinski definition) is 3. The normalized spacial score (nSPS) is 32.1. The number of nitrogens with one attached hydrogen (secondary N) is 1. The van der Waals surface area contributed by atoms with Gasteiger partial charge in [0.2, 0.25) is 0 Å². The molecule has 3 unspecified atom stereocenters. The highest BCUT2D eigenvalue weighted by molar-refractivity contribution is 5.21. The van der Waals surface area contributed by atoms with Gasteiger partial charge in [0.15, 0.2) is 0 Å². The molecule has 3 heterocycles. The fraction of sp³-hybridized carbons (Fsp3) is 0.545. The summed E-state index contributed by atoms with van der Waals surface area (Å²) in [4.78, 5) is 3.88. The molecule has 2 aliphatic rings. The number of hydrogen-bond donors (Lipinski definition) is 1. The summed E-state index contributed by atoms with van der Waals surface area (Å²) < 4.78 is 42.6. The molecule has 0 radical (unpaired) electrons. The van der Waals surface area contributed by atoms with E-state index in [1.54, 1.807) is 0 Å². The predicted molar refractivity (Wildman–Crippen MR) is 53.3 cm³/mol. The first-order valence-electron chi connectivity index (χ1n) is 5.45. The predicted octanol–water partition coefficient (Wildman–Crippen LogP) is 1.90. The molecule has 17 heavy (non-hydrogen) atoms. The van der Waals surface area contributed by atoms with Gasteiger partial charge >= 0.3 is 6.18 Å². The first-order valence-corrected chi connectivity index (χ1v) is 5.45. The van der Waals surface area contributed by atoms with Crippen molar-refractivity contribution in [3.05, 3.63) is 29.6 Å². The average Bonchev–Trinajstić information content (AvgIpc) is 2.89. The fourth-order valence-electron chi connectivity index (χ4n) is 2.40. The molecule has 6 heteroatoms. The maximum absolute atomic E-state index is 12.4. The van der Waals surface area contributed by atoms with Crippen LogP contribution in [0.5, 0.6) is 0 Å². The maximum Gasteiger partial charge on any atom is 0.417 e. The number of fused-ring (bicyclic) bond motifs is 2. The number of ether oxygens (including phenoxy) is 1. The number of aromatic nitrogens is 1. The quantitative estimate of drug-likeness (QED) is 0.819. The molecule has 0 aromatic carbocycles. The van der Waals surface area contributed by atoms with Crippen LogP contribution in [0.15, 0.2) is 18.3 Å². The SMILES string of the molecule is FC(F)(F)c1ccc(C2NC3COC2C3)nc1. The third-order valence-electron chi connectivity index (χ3n) is 3.25. The second kappa shape index (κ2) is 3.68. The highest BCUT2D eigenvalue weighted by Crippen LogP contribution is 2.35. The molecule has 2 aliphatic heterocycles. The highest BCUT2D eigenvalue weighted by Gasteiger charge is 2.42. The summed E-state index contributed by atoms with van der Waals surface area (Å²) in [6, 6.07) is 2.73. The van der Waals surface area contributed by atoms with Crippen LogP contribution in [0.3, 0.4) is 0 Å². The third-order valence-corrected chi connectivity index (χ3v) is 3.25. The summed E-state index contributed by atoms with van der Waals surface area (Å²) >= 11 is 0. The maximum atomic E-state index is 12.4. The lowest BCUT2D eigenvalue weighted by Gasteiger charge is -2.23. The molecule has 2 fully saturated rings. The van der Waals surface area contributed by atoms with Crippen molar-refractivity contribution in [2.75, 3.05) is 6.61 Å². The summed E-state index contributed by atoms with van der Waals surface area (Å²) in [6.07, 6.45) is -2.50. The molecule has 1 aromatic heterocycles. The molecule has 0 amide bonds. The minimum atomic E-state index is -4.33. The number of morpholine rings is 1. The van der Waals surface area contributed by atoms with Crippen LogP contribution in [0.2, 0.25) is 0 Å². The summed E-state index contributed by atoms with van der Waals surface area (Å²) in [6.45, 7) is 0.682. The standard InChI is InChI=1S/C11H11F3N2O/c12-11(13,14)6-1-2-8(15-4-6)10-9-3-7(16-10)5-17-9/h1-2,4,7,9-10,16H,3,5H2. The van der Waals surface area contributed by atoms with Gasteiger partial charge in [-0.25, -0.2) is 0 Å². The summed E-state index contributed by atoms with van der Waals surface area (Å²) in [5.41, 5.74) is -0.101. The molecule has 3 atom stereocenters. The summed E-state index contributed by atoms with van der Waals surface area (Å²) in [7, 11) is 0. The van der Waals surface area contributed by atoms with E-state index in [-0.39, 0.29) is 12.1 Å². The monoisotopic (exact) mass is 244 g/mol. The van der Waals surface area contributed by atoms with E-state index < -0.39 is 11.7 Å². The van der Waals surface area contributed by atoms with Gasteiger partial charge in [0.1, 0.15) is 0 Å². The Bertz CT molecular complexity index is 418. The van der Waals surface area contributed by atoms with E-state index in [0.717, 1.165) is 18.7 Å². The third kappa shape index (κ3) is 1.91. The Hall–Kier alpha value is -1.14. The van der Waals surface area contributed by atoms with Gasteiger partial charge < -0.3 is 10.1 Å². The first kappa shape index (κ1) is 11.0. The lowest BCUT2D eigenvalue weighted by atomic mass is 10.1. The molecule has 0 saturated carbocycles. The number of alkyl halides is 3. The van der Waals surface area contributed by atoms with Crippen molar-refractivity contribution in [1.29, 1.82) is 0 Å². The molecule has 3 rings (SSSR count). The van der Waals surface area contributed by atoms with Gasteiger partial charge in [0.05, 0.1) is 30.0 Å². The molecule has 3 nitrogen and oxygen atoms in total. The van der Waals surface area contributed by atoms with E-state index >= 15 is 0 Å². The molecule has 1 N–H and O–H groups in total. The Morgan fingerprint density at radius 1 is 1.35 bits per heavy atom. The van der Waals surface area contributed by atoms with Crippen molar-refractivity contribution in [3.63, 3.8) is 0 Å². The van der Waals surface area contributed by atoms with Crippen LogP contribution >= 0.6 is 0 Å². The summed E-state index contributed by atoms with van der Waals surface area (Å²) in [5.74, 6) is 0. The van der Waals surface area contributed by atoms with Gasteiger partial charge in [0, 0.05) is 12.2 Å².